The lowest BCUT2D eigenvalue weighted by Crippen LogP contribution is -2.53. The third kappa shape index (κ3) is 8.03. The van der Waals surface area contributed by atoms with Gasteiger partial charge in [-0.25, -0.2) is 8.42 Å². The van der Waals surface area contributed by atoms with Crippen LogP contribution in [0.2, 0.25) is 5.02 Å². The molecule has 0 fully saturated rings. The van der Waals surface area contributed by atoms with E-state index in [2.05, 4.69) is 5.32 Å². The predicted octanol–water partition coefficient (Wildman–Crippen LogP) is 5.93. The van der Waals surface area contributed by atoms with Gasteiger partial charge in [-0.3, -0.25) is 13.9 Å². The van der Waals surface area contributed by atoms with E-state index in [1.165, 1.54) is 23.1 Å². The van der Waals surface area contributed by atoms with Gasteiger partial charge in [-0.15, -0.1) is 0 Å². The van der Waals surface area contributed by atoms with Crippen molar-refractivity contribution in [2.24, 2.45) is 0 Å². The molecule has 0 aliphatic rings. The Hall–Kier alpha value is -4.14. The number of carbonyl (C=O) groups is 2. The molecule has 43 heavy (non-hydrogen) atoms. The molecule has 7 nitrogen and oxygen atoms in total. The van der Waals surface area contributed by atoms with E-state index in [0.717, 1.165) is 26.6 Å². The summed E-state index contributed by atoms with van der Waals surface area (Å²) in [4.78, 5) is 29.5. The minimum Gasteiger partial charge on any atom is -0.355 e. The van der Waals surface area contributed by atoms with Crippen molar-refractivity contribution in [1.82, 2.24) is 10.2 Å². The lowest BCUT2D eigenvalue weighted by Gasteiger charge is -2.34. The summed E-state index contributed by atoms with van der Waals surface area (Å²) in [6.07, 6.45) is 0.256. The van der Waals surface area contributed by atoms with Gasteiger partial charge >= 0.3 is 0 Å². The van der Waals surface area contributed by atoms with Crippen molar-refractivity contribution in [3.8, 4) is 0 Å². The second-order valence-electron chi connectivity index (χ2n) is 10.4. The first-order valence-corrected chi connectivity index (χ1v) is 15.9. The van der Waals surface area contributed by atoms with Crippen molar-refractivity contribution < 1.29 is 18.0 Å². The Morgan fingerprint density at radius 2 is 1.53 bits per heavy atom. The number of amides is 2. The summed E-state index contributed by atoms with van der Waals surface area (Å²) in [7, 11) is -4.19. The molecular weight excluding hydrogens is 582 g/mol. The highest BCUT2D eigenvalue weighted by Crippen LogP contribution is 2.27. The Labute approximate surface area is 259 Å². The van der Waals surface area contributed by atoms with Crippen LogP contribution in [-0.2, 0) is 32.6 Å². The van der Waals surface area contributed by atoms with Gasteiger partial charge in [-0.05, 0) is 67.8 Å². The van der Waals surface area contributed by atoms with Crippen LogP contribution < -0.4 is 9.62 Å². The van der Waals surface area contributed by atoms with Crippen LogP contribution in [0.25, 0.3) is 0 Å². The first-order chi connectivity index (χ1) is 20.6. The second-order valence-corrected chi connectivity index (χ2v) is 12.7. The van der Waals surface area contributed by atoms with Crippen LogP contribution in [0.1, 0.15) is 29.2 Å². The molecule has 1 N–H and O–H groups in total. The molecule has 0 heterocycles. The van der Waals surface area contributed by atoms with Crippen LogP contribution in [0.5, 0.6) is 0 Å². The average Bonchev–Trinajstić information content (AvgIpc) is 2.99. The van der Waals surface area contributed by atoms with Crippen molar-refractivity contribution in [2.45, 2.75) is 44.7 Å². The molecule has 4 aromatic carbocycles. The Kier molecular flexibility index (Phi) is 10.6. The van der Waals surface area contributed by atoms with E-state index < -0.39 is 28.5 Å². The molecule has 4 rings (SSSR count). The summed E-state index contributed by atoms with van der Waals surface area (Å²) in [5, 5.41) is 3.20. The first-order valence-electron chi connectivity index (χ1n) is 14.1. The monoisotopic (exact) mass is 617 g/mol. The highest BCUT2D eigenvalue weighted by Gasteiger charge is 2.34. The molecule has 0 saturated carbocycles. The molecule has 224 valence electrons. The van der Waals surface area contributed by atoms with E-state index in [1.54, 1.807) is 30.3 Å². The molecule has 0 aliphatic heterocycles. The third-order valence-corrected chi connectivity index (χ3v) is 9.23. The van der Waals surface area contributed by atoms with E-state index in [0.29, 0.717) is 11.6 Å². The second kappa shape index (κ2) is 14.4. The molecule has 1 atom stereocenters. The van der Waals surface area contributed by atoms with Crippen LogP contribution >= 0.6 is 11.6 Å². The maximum absolute atomic E-state index is 14.4. The minimum absolute atomic E-state index is 0.0425. The van der Waals surface area contributed by atoms with Gasteiger partial charge in [0.15, 0.2) is 0 Å². The van der Waals surface area contributed by atoms with Crippen molar-refractivity contribution in [3.05, 3.63) is 130 Å². The van der Waals surface area contributed by atoms with Gasteiger partial charge in [-0.2, -0.15) is 0 Å². The lowest BCUT2D eigenvalue weighted by atomic mass is 10.0. The number of nitrogens with one attached hydrogen (secondary N) is 1. The van der Waals surface area contributed by atoms with Crippen LogP contribution in [0.4, 0.5) is 5.69 Å². The average molecular weight is 618 g/mol. The normalized spacial score (nSPS) is 11.9. The summed E-state index contributed by atoms with van der Waals surface area (Å²) in [6.45, 7) is 5.59. The Morgan fingerprint density at radius 1 is 0.860 bits per heavy atom. The lowest BCUT2D eigenvalue weighted by molar-refractivity contribution is -0.140. The van der Waals surface area contributed by atoms with Gasteiger partial charge in [0.25, 0.3) is 10.0 Å². The van der Waals surface area contributed by atoms with Crippen LogP contribution in [-0.4, -0.2) is 44.3 Å². The van der Waals surface area contributed by atoms with E-state index in [4.69, 9.17) is 11.6 Å². The van der Waals surface area contributed by atoms with E-state index in [9.17, 15) is 18.0 Å². The van der Waals surface area contributed by atoms with Gasteiger partial charge in [0, 0.05) is 24.5 Å². The fourth-order valence-corrected chi connectivity index (χ4v) is 6.41. The number of hydrogen-bond acceptors (Lipinski definition) is 4. The predicted molar refractivity (Wildman–Crippen MR) is 172 cm³/mol. The molecular formula is C34H36ClN3O4S. The fraction of sp³-hybridized carbons (Fsp3) is 0.235. The van der Waals surface area contributed by atoms with Gasteiger partial charge in [0.1, 0.15) is 12.6 Å². The zero-order valence-corrected chi connectivity index (χ0v) is 26.1. The number of likely N-dealkylation sites (N-methyl/N-ethyl adjacent to an activating group) is 1. The highest BCUT2D eigenvalue weighted by molar-refractivity contribution is 7.92. The van der Waals surface area contributed by atoms with E-state index in [-0.39, 0.29) is 29.5 Å². The molecule has 2 amide bonds. The number of carbonyl (C=O) groups excluding carboxylic acids is 2. The molecule has 0 bridgehead atoms. The number of halogens is 1. The number of sulfonamides is 1. The molecule has 0 aliphatic carbocycles. The molecule has 0 unspecified atom stereocenters. The van der Waals surface area contributed by atoms with E-state index >= 15 is 0 Å². The van der Waals surface area contributed by atoms with Crippen LogP contribution in [0, 0.1) is 13.8 Å². The number of rotatable bonds is 12. The molecule has 0 aromatic heterocycles. The molecule has 0 radical (unpaired) electrons. The number of benzene rings is 4. The Morgan fingerprint density at radius 3 is 2.19 bits per heavy atom. The van der Waals surface area contributed by atoms with Gasteiger partial charge in [0.2, 0.25) is 11.8 Å². The topological polar surface area (TPSA) is 86.8 Å². The summed E-state index contributed by atoms with van der Waals surface area (Å²) in [5.41, 5.74) is 3.83. The molecule has 0 saturated heterocycles. The smallest absolute Gasteiger partial charge is 0.264 e. The number of nitrogens with zero attached hydrogens (tertiary/aromatic N) is 2. The Bertz CT molecular complexity index is 1660. The van der Waals surface area contributed by atoms with Crippen LogP contribution in [0.3, 0.4) is 0 Å². The maximum Gasteiger partial charge on any atom is 0.264 e. The standard InChI is InChI=1S/C34H36ClN3O4S/c1-4-36-34(40)32(21-27-12-6-5-7-13-27)37(23-28-14-9-8-11-26(28)3)33(39)24-38(30-16-10-15-29(35)22-30)43(41,42)31-19-17-25(2)18-20-31/h5-20,22,32H,4,21,23-24H2,1-3H3,(H,36,40)/t32-/m1/s1. The van der Waals surface area contributed by atoms with E-state index in [1.807, 2.05) is 75.4 Å². The number of aryl methyl sites for hydroxylation is 2. The number of hydrogen-bond donors (Lipinski definition) is 1. The summed E-state index contributed by atoms with van der Waals surface area (Å²) < 4.78 is 29.2. The first kappa shape index (κ1) is 31.8. The Balaban J connectivity index is 1.80. The van der Waals surface area contributed by atoms with Crippen molar-refractivity contribution in [2.75, 3.05) is 17.4 Å². The zero-order valence-electron chi connectivity index (χ0n) is 24.5. The van der Waals surface area contributed by atoms with Crippen LogP contribution in [0.15, 0.2) is 108 Å². The molecule has 0 spiro atoms. The zero-order chi connectivity index (χ0) is 31.0. The number of anilines is 1. The summed E-state index contributed by atoms with van der Waals surface area (Å²) in [5.74, 6) is -0.838. The largest absolute Gasteiger partial charge is 0.355 e. The third-order valence-electron chi connectivity index (χ3n) is 7.21. The van der Waals surface area contributed by atoms with Crippen molar-refractivity contribution >= 4 is 39.1 Å². The summed E-state index contributed by atoms with van der Waals surface area (Å²) >= 11 is 6.28. The fourth-order valence-electron chi connectivity index (χ4n) is 4.81. The molecule has 4 aromatic rings. The SMILES string of the molecule is CCNC(=O)[C@@H](Cc1ccccc1)N(Cc1ccccc1C)C(=O)CN(c1cccc(Cl)c1)S(=O)(=O)c1ccc(C)cc1. The molecule has 9 heteroatoms. The highest BCUT2D eigenvalue weighted by atomic mass is 35.5. The van der Waals surface area contributed by atoms with Gasteiger partial charge in [-0.1, -0.05) is 90.0 Å². The van der Waals surface area contributed by atoms with Crippen molar-refractivity contribution in [1.29, 1.82) is 0 Å². The maximum atomic E-state index is 14.4. The van der Waals surface area contributed by atoms with Gasteiger partial charge in [0.05, 0.1) is 10.6 Å². The van der Waals surface area contributed by atoms with Gasteiger partial charge < -0.3 is 10.2 Å². The minimum atomic E-state index is -4.19. The summed E-state index contributed by atoms with van der Waals surface area (Å²) in [6, 6.07) is 29.0. The van der Waals surface area contributed by atoms with Crippen molar-refractivity contribution in [3.63, 3.8) is 0 Å². The quantitative estimate of drug-likeness (QED) is 0.214.